The average molecular weight is 412 g/mol. The van der Waals surface area contributed by atoms with Gasteiger partial charge in [0.25, 0.3) is 0 Å². The molecule has 0 unspecified atom stereocenters. The first kappa shape index (κ1) is 21.4. The van der Waals surface area contributed by atoms with E-state index in [1.54, 1.807) is 21.3 Å². The van der Waals surface area contributed by atoms with Crippen molar-refractivity contribution in [2.75, 3.05) is 27.9 Å². The highest BCUT2D eigenvalue weighted by atomic mass is 16.5. The van der Waals surface area contributed by atoms with Crippen LogP contribution in [0.25, 0.3) is 11.0 Å². The molecular formula is C23H29N3O4. The summed E-state index contributed by atoms with van der Waals surface area (Å²) >= 11 is 0. The summed E-state index contributed by atoms with van der Waals surface area (Å²) in [6.07, 6.45) is 0. The van der Waals surface area contributed by atoms with Crippen LogP contribution in [0.15, 0.2) is 45.8 Å². The second-order valence-corrected chi connectivity index (χ2v) is 6.69. The standard InChI is InChI=1S/C23H29N3O4/c1-6-29-22-19(27-4)11-16(12-20(22)28-5)13-25-23(24-3)26-14-21-15(2)17-9-7-8-10-18(17)30-21/h7-12H,6,13-14H2,1-5H3,(H2,24,25,26). The van der Waals surface area contributed by atoms with E-state index in [1.807, 2.05) is 37.3 Å². The van der Waals surface area contributed by atoms with Crippen LogP contribution >= 0.6 is 0 Å². The van der Waals surface area contributed by atoms with Gasteiger partial charge in [0.05, 0.1) is 27.4 Å². The van der Waals surface area contributed by atoms with Gasteiger partial charge in [0.2, 0.25) is 5.75 Å². The molecule has 0 aliphatic heterocycles. The number of para-hydroxylation sites is 1. The molecule has 0 bridgehead atoms. The van der Waals surface area contributed by atoms with E-state index >= 15 is 0 Å². The SMILES string of the molecule is CCOc1c(OC)cc(CNC(=NC)NCc2oc3ccccc3c2C)cc1OC. The lowest BCUT2D eigenvalue weighted by molar-refractivity contribution is 0.288. The highest BCUT2D eigenvalue weighted by Gasteiger charge is 2.14. The van der Waals surface area contributed by atoms with E-state index in [0.717, 1.165) is 27.9 Å². The largest absolute Gasteiger partial charge is 0.493 e. The Morgan fingerprint density at radius 3 is 2.30 bits per heavy atom. The maximum Gasteiger partial charge on any atom is 0.203 e. The van der Waals surface area contributed by atoms with Gasteiger partial charge in [0.1, 0.15) is 11.3 Å². The third kappa shape index (κ3) is 4.62. The number of aliphatic imine (C=N–C) groups is 1. The fourth-order valence-corrected chi connectivity index (χ4v) is 3.29. The van der Waals surface area contributed by atoms with Gasteiger partial charge in [-0.1, -0.05) is 18.2 Å². The first-order valence-corrected chi connectivity index (χ1v) is 9.90. The minimum atomic E-state index is 0.530. The number of guanidine groups is 1. The molecule has 1 aromatic heterocycles. The van der Waals surface area contributed by atoms with Gasteiger partial charge in [-0.05, 0) is 37.6 Å². The summed E-state index contributed by atoms with van der Waals surface area (Å²) in [6.45, 7) is 5.60. The minimum absolute atomic E-state index is 0.530. The number of hydrogen-bond donors (Lipinski definition) is 2. The summed E-state index contributed by atoms with van der Waals surface area (Å²) in [5, 5.41) is 7.74. The summed E-state index contributed by atoms with van der Waals surface area (Å²) in [6, 6.07) is 11.9. The summed E-state index contributed by atoms with van der Waals surface area (Å²) in [4.78, 5) is 4.30. The average Bonchev–Trinajstić information content (AvgIpc) is 3.10. The molecule has 3 aromatic rings. The molecule has 0 amide bonds. The topological polar surface area (TPSA) is 77.3 Å². The predicted molar refractivity (Wildman–Crippen MR) is 119 cm³/mol. The van der Waals surface area contributed by atoms with Gasteiger partial charge in [-0.15, -0.1) is 0 Å². The van der Waals surface area contributed by atoms with Gasteiger partial charge in [0.15, 0.2) is 17.5 Å². The highest BCUT2D eigenvalue weighted by molar-refractivity contribution is 5.83. The third-order valence-corrected chi connectivity index (χ3v) is 4.85. The van der Waals surface area contributed by atoms with Crippen molar-refractivity contribution in [1.82, 2.24) is 10.6 Å². The summed E-state index contributed by atoms with van der Waals surface area (Å²) in [5.41, 5.74) is 3.01. The van der Waals surface area contributed by atoms with Crippen molar-refractivity contribution in [3.8, 4) is 17.2 Å². The van der Waals surface area contributed by atoms with Crippen LogP contribution in [0.1, 0.15) is 23.8 Å². The normalized spacial score (nSPS) is 11.4. The Labute approximate surface area is 177 Å². The van der Waals surface area contributed by atoms with E-state index < -0.39 is 0 Å². The van der Waals surface area contributed by atoms with Gasteiger partial charge >= 0.3 is 0 Å². The van der Waals surface area contributed by atoms with Crippen molar-refractivity contribution in [3.63, 3.8) is 0 Å². The first-order chi connectivity index (χ1) is 14.6. The third-order valence-electron chi connectivity index (χ3n) is 4.85. The number of nitrogens with zero attached hydrogens (tertiary/aromatic N) is 1. The Balaban J connectivity index is 1.67. The number of furan rings is 1. The quantitative estimate of drug-likeness (QED) is 0.431. The Kier molecular flexibility index (Phi) is 7.06. The van der Waals surface area contributed by atoms with Gasteiger partial charge < -0.3 is 29.3 Å². The van der Waals surface area contributed by atoms with E-state index in [9.17, 15) is 0 Å². The number of fused-ring (bicyclic) bond motifs is 1. The molecule has 0 aliphatic rings. The molecule has 0 saturated carbocycles. The lowest BCUT2D eigenvalue weighted by Crippen LogP contribution is -2.36. The summed E-state index contributed by atoms with van der Waals surface area (Å²) < 4.78 is 22.6. The number of nitrogens with one attached hydrogen (secondary N) is 2. The number of benzene rings is 2. The van der Waals surface area contributed by atoms with E-state index in [0.29, 0.717) is 42.9 Å². The monoisotopic (exact) mass is 411 g/mol. The van der Waals surface area contributed by atoms with Crippen LogP contribution in [0.4, 0.5) is 0 Å². The zero-order valence-corrected chi connectivity index (χ0v) is 18.2. The lowest BCUT2D eigenvalue weighted by atomic mass is 10.1. The second kappa shape index (κ2) is 9.91. The number of methoxy groups -OCH3 is 2. The highest BCUT2D eigenvalue weighted by Crippen LogP contribution is 2.38. The van der Waals surface area contributed by atoms with Gasteiger partial charge in [0, 0.05) is 24.5 Å². The molecule has 0 atom stereocenters. The summed E-state index contributed by atoms with van der Waals surface area (Å²) in [7, 11) is 4.97. The number of ether oxygens (including phenoxy) is 3. The molecule has 160 valence electrons. The molecule has 0 aliphatic carbocycles. The minimum Gasteiger partial charge on any atom is -0.493 e. The van der Waals surface area contributed by atoms with Crippen LogP contribution < -0.4 is 24.8 Å². The Bertz CT molecular complexity index is 1000. The first-order valence-electron chi connectivity index (χ1n) is 9.90. The second-order valence-electron chi connectivity index (χ2n) is 6.69. The van der Waals surface area contributed by atoms with Crippen LogP contribution in [0.2, 0.25) is 0 Å². The molecule has 1 heterocycles. The van der Waals surface area contributed by atoms with Crippen LogP contribution in [0.5, 0.6) is 17.2 Å². The van der Waals surface area contributed by atoms with Crippen LogP contribution in [0.3, 0.4) is 0 Å². The Hall–Kier alpha value is -3.35. The molecule has 3 rings (SSSR count). The molecule has 7 nitrogen and oxygen atoms in total. The van der Waals surface area contributed by atoms with Crippen LogP contribution in [0, 0.1) is 6.92 Å². The van der Waals surface area contributed by atoms with Crippen molar-refractivity contribution in [2.45, 2.75) is 26.9 Å². The van der Waals surface area contributed by atoms with E-state index in [2.05, 4.69) is 28.6 Å². The van der Waals surface area contributed by atoms with Gasteiger partial charge in [-0.2, -0.15) is 0 Å². The summed E-state index contributed by atoms with van der Waals surface area (Å²) in [5.74, 6) is 3.43. The molecule has 30 heavy (non-hydrogen) atoms. The number of aryl methyl sites for hydroxylation is 1. The van der Waals surface area contributed by atoms with Crippen molar-refractivity contribution < 1.29 is 18.6 Å². The fourth-order valence-electron chi connectivity index (χ4n) is 3.29. The van der Waals surface area contributed by atoms with Gasteiger partial charge in [-0.25, -0.2) is 0 Å². The van der Waals surface area contributed by atoms with Crippen LogP contribution in [-0.2, 0) is 13.1 Å². The zero-order valence-electron chi connectivity index (χ0n) is 18.2. The fraction of sp³-hybridized carbons (Fsp3) is 0.348. The zero-order chi connectivity index (χ0) is 21.5. The molecule has 7 heteroatoms. The molecule has 2 aromatic carbocycles. The maximum atomic E-state index is 5.96. The van der Waals surface area contributed by atoms with E-state index in [1.165, 1.54) is 0 Å². The molecule has 0 fully saturated rings. The van der Waals surface area contributed by atoms with Crippen molar-refractivity contribution >= 4 is 16.9 Å². The van der Waals surface area contributed by atoms with E-state index in [4.69, 9.17) is 18.6 Å². The molecule has 0 saturated heterocycles. The number of rotatable bonds is 8. The van der Waals surface area contributed by atoms with E-state index in [-0.39, 0.29) is 0 Å². The van der Waals surface area contributed by atoms with Crippen molar-refractivity contribution in [1.29, 1.82) is 0 Å². The smallest absolute Gasteiger partial charge is 0.203 e. The van der Waals surface area contributed by atoms with Gasteiger partial charge in [-0.3, -0.25) is 4.99 Å². The Morgan fingerprint density at radius 1 is 1.03 bits per heavy atom. The maximum absolute atomic E-state index is 5.96. The van der Waals surface area contributed by atoms with Crippen LogP contribution in [-0.4, -0.2) is 33.8 Å². The van der Waals surface area contributed by atoms with Crippen molar-refractivity contribution in [3.05, 3.63) is 53.3 Å². The molecule has 2 N–H and O–H groups in total. The number of hydrogen-bond acceptors (Lipinski definition) is 5. The Morgan fingerprint density at radius 2 is 1.70 bits per heavy atom. The lowest BCUT2D eigenvalue weighted by Gasteiger charge is -2.16. The van der Waals surface area contributed by atoms with Crippen molar-refractivity contribution in [2.24, 2.45) is 4.99 Å². The molecule has 0 spiro atoms. The molecular weight excluding hydrogens is 382 g/mol. The molecule has 0 radical (unpaired) electrons. The predicted octanol–water partition coefficient (Wildman–Crippen LogP) is 4.02.